The summed E-state index contributed by atoms with van der Waals surface area (Å²) in [5.74, 6) is 0. The van der Waals surface area contributed by atoms with Gasteiger partial charge in [-0.3, -0.25) is 4.98 Å². The standard InChI is InChI=1S/C13H17NO/c1-10-6-7-14-9-13(10)11-4-2-3-5-12(15)8-11/h6-9,12,15H,2-5H2,1H3. The number of hydrogen-bond acceptors (Lipinski definition) is 2. The molecule has 1 aromatic heterocycles. The van der Waals surface area contributed by atoms with Crippen LogP contribution >= 0.6 is 0 Å². The number of aliphatic hydroxyl groups is 1. The normalized spacial score (nSPS) is 22.0. The van der Waals surface area contributed by atoms with Crippen LogP contribution in [0.5, 0.6) is 0 Å². The van der Waals surface area contributed by atoms with Crippen molar-refractivity contribution in [1.82, 2.24) is 4.98 Å². The van der Waals surface area contributed by atoms with Crippen LogP contribution in [0.25, 0.3) is 5.57 Å². The molecule has 0 spiro atoms. The first-order chi connectivity index (χ1) is 7.27. The largest absolute Gasteiger partial charge is 0.389 e. The second-order valence-electron chi connectivity index (χ2n) is 4.20. The first-order valence-electron chi connectivity index (χ1n) is 5.57. The Kier molecular flexibility index (Phi) is 3.17. The molecule has 0 bridgehead atoms. The third-order valence-electron chi connectivity index (χ3n) is 2.97. The molecule has 2 nitrogen and oxygen atoms in total. The highest BCUT2D eigenvalue weighted by Gasteiger charge is 2.12. The fraction of sp³-hybridized carbons (Fsp3) is 0.462. The molecular formula is C13H17NO. The predicted octanol–water partition coefficient (Wildman–Crippen LogP) is 2.71. The van der Waals surface area contributed by atoms with Gasteiger partial charge in [-0.2, -0.15) is 0 Å². The van der Waals surface area contributed by atoms with E-state index in [1.54, 1.807) is 0 Å². The highest BCUT2D eigenvalue weighted by molar-refractivity contribution is 5.68. The molecule has 0 radical (unpaired) electrons. The average molecular weight is 203 g/mol. The fourth-order valence-electron chi connectivity index (χ4n) is 2.09. The number of hydrogen-bond donors (Lipinski definition) is 1. The van der Waals surface area contributed by atoms with Crippen LogP contribution in [0.3, 0.4) is 0 Å². The molecule has 1 aliphatic rings. The van der Waals surface area contributed by atoms with E-state index in [2.05, 4.69) is 11.9 Å². The third-order valence-corrected chi connectivity index (χ3v) is 2.97. The second-order valence-corrected chi connectivity index (χ2v) is 4.20. The van der Waals surface area contributed by atoms with Gasteiger partial charge in [0.25, 0.3) is 0 Å². The monoisotopic (exact) mass is 203 g/mol. The van der Waals surface area contributed by atoms with E-state index in [0.29, 0.717) is 0 Å². The summed E-state index contributed by atoms with van der Waals surface area (Å²) in [5, 5.41) is 9.71. The molecule has 0 fully saturated rings. The topological polar surface area (TPSA) is 33.1 Å². The molecule has 2 heteroatoms. The van der Waals surface area contributed by atoms with Crippen LogP contribution in [0.1, 0.15) is 36.8 Å². The van der Waals surface area contributed by atoms with Crippen molar-refractivity contribution >= 4 is 5.57 Å². The van der Waals surface area contributed by atoms with E-state index < -0.39 is 0 Å². The maximum atomic E-state index is 9.71. The van der Waals surface area contributed by atoms with Gasteiger partial charge in [-0.05, 0) is 49.0 Å². The van der Waals surface area contributed by atoms with Gasteiger partial charge in [0, 0.05) is 12.4 Å². The number of aryl methyl sites for hydroxylation is 1. The Morgan fingerprint density at radius 3 is 3.07 bits per heavy atom. The zero-order valence-electron chi connectivity index (χ0n) is 9.11. The van der Waals surface area contributed by atoms with Gasteiger partial charge in [0.15, 0.2) is 0 Å². The minimum absolute atomic E-state index is 0.276. The number of nitrogens with zero attached hydrogens (tertiary/aromatic N) is 1. The van der Waals surface area contributed by atoms with Crippen molar-refractivity contribution in [1.29, 1.82) is 0 Å². The molecule has 2 rings (SSSR count). The van der Waals surface area contributed by atoms with E-state index in [9.17, 15) is 5.11 Å². The lowest BCUT2D eigenvalue weighted by molar-refractivity contribution is 0.211. The maximum absolute atomic E-state index is 9.71. The van der Waals surface area contributed by atoms with Gasteiger partial charge >= 0.3 is 0 Å². The molecule has 15 heavy (non-hydrogen) atoms. The fourth-order valence-corrected chi connectivity index (χ4v) is 2.09. The molecule has 1 unspecified atom stereocenters. The summed E-state index contributed by atoms with van der Waals surface area (Å²) in [6, 6.07) is 2.02. The van der Waals surface area contributed by atoms with Crippen molar-refractivity contribution in [2.75, 3.05) is 0 Å². The van der Waals surface area contributed by atoms with E-state index >= 15 is 0 Å². The first kappa shape index (κ1) is 10.4. The number of rotatable bonds is 1. The molecule has 1 atom stereocenters. The first-order valence-corrected chi connectivity index (χ1v) is 5.57. The lowest BCUT2D eigenvalue weighted by Gasteiger charge is -2.08. The van der Waals surface area contributed by atoms with Gasteiger partial charge in [0.1, 0.15) is 0 Å². The SMILES string of the molecule is Cc1ccncc1C1=CC(O)CCCC1. The zero-order chi connectivity index (χ0) is 10.7. The van der Waals surface area contributed by atoms with Gasteiger partial charge in [-0.1, -0.05) is 12.5 Å². The van der Waals surface area contributed by atoms with Crippen LogP contribution in [0.4, 0.5) is 0 Å². The Bertz CT molecular complexity index is 371. The summed E-state index contributed by atoms with van der Waals surface area (Å²) in [7, 11) is 0. The minimum Gasteiger partial charge on any atom is -0.389 e. The highest BCUT2D eigenvalue weighted by atomic mass is 16.3. The van der Waals surface area contributed by atoms with Crippen LogP contribution in [0, 0.1) is 6.92 Å². The zero-order valence-corrected chi connectivity index (χ0v) is 9.11. The molecule has 0 saturated heterocycles. The molecule has 1 N–H and O–H groups in total. The summed E-state index contributed by atoms with van der Waals surface area (Å²) < 4.78 is 0. The number of aliphatic hydroxyl groups excluding tert-OH is 1. The minimum atomic E-state index is -0.276. The van der Waals surface area contributed by atoms with E-state index in [1.165, 1.54) is 16.7 Å². The van der Waals surface area contributed by atoms with Gasteiger partial charge in [-0.15, -0.1) is 0 Å². The lowest BCUT2D eigenvalue weighted by Crippen LogP contribution is -2.00. The summed E-state index contributed by atoms with van der Waals surface area (Å²) in [5.41, 5.74) is 3.69. The van der Waals surface area contributed by atoms with Crippen molar-refractivity contribution in [3.63, 3.8) is 0 Å². The van der Waals surface area contributed by atoms with Gasteiger partial charge in [0.2, 0.25) is 0 Å². The molecular weight excluding hydrogens is 186 g/mol. The van der Waals surface area contributed by atoms with E-state index in [0.717, 1.165) is 25.7 Å². The van der Waals surface area contributed by atoms with Crippen LogP contribution in [-0.2, 0) is 0 Å². The van der Waals surface area contributed by atoms with Crippen molar-refractivity contribution in [3.05, 3.63) is 35.7 Å². The smallest absolute Gasteiger partial charge is 0.0726 e. The van der Waals surface area contributed by atoms with Crippen molar-refractivity contribution < 1.29 is 5.11 Å². The summed E-state index contributed by atoms with van der Waals surface area (Å²) in [6.07, 6.45) is 9.66. The molecule has 1 aromatic rings. The Labute approximate surface area is 90.7 Å². The van der Waals surface area contributed by atoms with Gasteiger partial charge in [0.05, 0.1) is 6.10 Å². The van der Waals surface area contributed by atoms with Crippen LogP contribution in [0.2, 0.25) is 0 Å². The molecule has 1 heterocycles. The van der Waals surface area contributed by atoms with Gasteiger partial charge in [-0.25, -0.2) is 0 Å². The molecule has 0 aromatic carbocycles. The molecule has 0 amide bonds. The number of pyridine rings is 1. The Balaban J connectivity index is 2.33. The quantitative estimate of drug-likeness (QED) is 0.761. The van der Waals surface area contributed by atoms with Crippen molar-refractivity contribution in [2.24, 2.45) is 0 Å². The molecule has 1 aliphatic carbocycles. The predicted molar refractivity (Wildman–Crippen MR) is 61.4 cm³/mol. The Morgan fingerprint density at radius 2 is 2.27 bits per heavy atom. The van der Waals surface area contributed by atoms with Crippen LogP contribution in [0.15, 0.2) is 24.5 Å². The molecule has 0 saturated carbocycles. The van der Waals surface area contributed by atoms with E-state index in [-0.39, 0.29) is 6.10 Å². The number of aromatic nitrogens is 1. The average Bonchev–Trinajstić information content (AvgIpc) is 2.43. The highest BCUT2D eigenvalue weighted by Crippen LogP contribution is 2.27. The Morgan fingerprint density at radius 1 is 1.40 bits per heavy atom. The van der Waals surface area contributed by atoms with Crippen LogP contribution < -0.4 is 0 Å². The number of allylic oxidation sites excluding steroid dienone is 1. The second kappa shape index (κ2) is 4.58. The van der Waals surface area contributed by atoms with Gasteiger partial charge < -0.3 is 5.11 Å². The lowest BCUT2D eigenvalue weighted by atomic mass is 9.99. The third kappa shape index (κ3) is 2.45. The maximum Gasteiger partial charge on any atom is 0.0726 e. The molecule has 80 valence electrons. The summed E-state index contributed by atoms with van der Waals surface area (Å²) in [4.78, 5) is 4.15. The van der Waals surface area contributed by atoms with E-state index in [4.69, 9.17) is 0 Å². The van der Waals surface area contributed by atoms with Crippen LogP contribution in [-0.4, -0.2) is 16.2 Å². The summed E-state index contributed by atoms with van der Waals surface area (Å²) in [6.45, 7) is 2.09. The van der Waals surface area contributed by atoms with E-state index in [1.807, 2.05) is 24.5 Å². The summed E-state index contributed by atoms with van der Waals surface area (Å²) >= 11 is 0. The van der Waals surface area contributed by atoms with Crippen molar-refractivity contribution in [2.45, 2.75) is 38.7 Å². The Hall–Kier alpha value is -1.15. The molecule has 0 aliphatic heterocycles. The van der Waals surface area contributed by atoms with Crippen molar-refractivity contribution in [3.8, 4) is 0 Å².